The van der Waals surface area contributed by atoms with Crippen molar-refractivity contribution in [3.8, 4) is 0 Å². The molecule has 1 fully saturated rings. The molecule has 1 aromatic rings. The minimum atomic E-state index is 0.0737. The summed E-state index contributed by atoms with van der Waals surface area (Å²) in [4.78, 5) is 12.7. The Kier molecular flexibility index (Phi) is 5.25. The van der Waals surface area contributed by atoms with Gasteiger partial charge in [-0.25, -0.2) is 0 Å². The van der Waals surface area contributed by atoms with E-state index in [1.165, 1.54) is 43.4 Å². The van der Waals surface area contributed by atoms with Gasteiger partial charge in [0.2, 0.25) is 0 Å². The number of aryl methyl sites for hydroxylation is 1. The Labute approximate surface area is 121 Å². The van der Waals surface area contributed by atoms with Crippen molar-refractivity contribution in [2.75, 3.05) is 6.54 Å². The predicted octanol–water partition coefficient (Wildman–Crippen LogP) is 4.52. The number of hydrogen-bond acceptors (Lipinski definition) is 2. The molecule has 1 heterocycles. The maximum Gasteiger partial charge on any atom is 0.261 e. The van der Waals surface area contributed by atoms with E-state index in [0.717, 1.165) is 33.1 Å². The van der Waals surface area contributed by atoms with E-state index in [1.807, 2.05) is 13.0 Å². The van der Waals surface area contributed by atoms with Crippen LogP contribution in [0, 0.1) is 12.8 Å². The summed E-state index contributed by atoms with van der Waals surface area (Å²) >= 11 is 4.97. The van der Waals surface area contributed by atoms with Gasteiger partial charge in [0.25, 0.3) is 5.91 Å². The molecule has 0 atom stereocenters. The van der Waals surface area contributed by atoms with Gasteiger partial charge < -0.3 is 5.32 Å². The van der Waals surface area contributed by atoms with Crippen LogP contribution in [0.3, 0.4) is 0 Å². The van der Waals surface area contributed by atoms with Crippen molar-refractivity contribution in [2.24, 2.45) is 5.92 Å². The fraction of sp³-hybridized carbons (Fsp3) is 0.643. The normalized spacial score (nSPS) is 16.8. The van der Waals surface area contributed by atoms with Gasteiger partial charge in [0.1, 0.15) is 0 Å². The molecule has 2 rings (SSSR count). The molecule has 18 heavy (non-hydrogen) atoms. The number of hydrogen-bond donors (Lipinski definition) is 1. The zero-order chi connectivity index (χ0) is 13.0. The number of carbonyl (C=O) groups is 1. The van der Waals surface area contributed by atoms with Crippen molar-refractivity contribution >= 4 is 33.2 Å². The largest absolute Gasteiger partial charge is 0.351 e. The second-order valence-corrected chi connectivity index (χ2v) is 7.49. The maximum absolute atomic E-state index is 11.9. The second-order valence-electron chi connectivity index (χ2n) is 5.12. The van der Waals surface area contributed by atoms with Gasteiger partial charge in [-0.15, -0.1) is 11.3 Å². The van der Waals surface area contributed by atoms with Crippen molar-refractivity contribution < 1.29 is 4.79 Å². The van der Waals surface area contributed by atoms with Gasteiger partial charge in [0.15, 0.2) is 0 Å². The fourth-order valence-electron chi connectivity index (χ4n) is 2.52. The van der Waals surface area contributed by atoms with Crippen molar-refractivity contribution in [1.29, 1.82) is 0 Å². The first-order valence-electron chi connectivity index (χ1n) is 6.71. The van der Waals surface area contributed by atoms with Crippen molar-refractivity contribution in [3.05, 3.63) is 20.3 Å². The summed E-state index contributed by atoms with van der Waals surface area (Å²) in [5, 5.41) is 3.04. The van der Waals surface area contributed by atoms with Crippen LogP contribution < -0.4 is 5.32 Å². The molecule has 0 saturated heterocycles. The van der Waals surface area contributed by atoms with E-state index in [0.29, 0.717) is 0 Å². The molecule has 0 bridgehead atoms. The Morgan fingerprint density at radius 3 is 2.78 bits per heavy atom. The monoisotopic (exact) mass is 329 g/mol. The number of amides is 1. The van der Waals surface area contributed by atoms with E-state index in [4.69, 9.17) is 0 Å². The van der Waals surface area contributed by atoms with Crippen molar-refractivity contribution in [3.63, 3.8) is 0 Å². The Balaban J connectivity index is 1.74. The van der Waals surface area contributed by atoms with Crippen LogP contribution in [0.2, 0.25) is 0 Å². The lowest BCUT2D eigenvalue weighted by Gasteiger charge is -2.21. The van der Waals surface area contributed by atoms with Gasteiger partial charge in [-0.1, -0.05) is 32.1 Å². The lowest BCUT2D eigenvalue weighted by Crippen LogP contribution is -2.25. The van der Waals surface area contributed by atoms with Crippen LogP contribution in [0.5, 0.6) is 0 Å². The molecule has 0 spiro atoms. The summed E-state index contributed by atoms with van der Waals surface area (Å²) in [5.41, 5.74) is 1.14. The minimum Gasteiger partial charge on any atom is -0.351 e. The zero-order valence-corrected chi connectivity index (χ0v) is 13.2. The molecule has 0 aliphatic heterocycles. The quantitative estimate of drug-likeness (QED) is 0.864. The highest BCUT2D eigenvalue weighted by atomic mass is 79.9. The van der Waals surface area contributed by atoms with E-state index in [1.54, 1.807) is 0 Å². The van der Waals surface area contributed by atoms with Gasteiger partial charge >= 0.3 is 0 Å². The first-order chi connectivity index (χ1) is 8.66. The molecule has 100 valence electrons. The first kappa shape index (κ1) is 14.1. The molecule has 1 N–H and O–H groups in total. The summed E-state index contributed by atoms with van der Waals surface area (Å²) in [6.45, 7) is 2.83. The highest BCUT2D eigenvalue weighted by molar-refractivity contribution is 9.11. The number of halogens is 1. The van der Waals surface area contributed by atoms with Crippen LogP contribution in [0.1, 0.15) is 53.8 Å². The Morgan fingerprint density at radius 2 is 2.17 bits per heavy atom. The highest BCUT2D eigenvalue weighted by Gasteiger charge is 2.14. The van der Waals surface area contributed by atoms with E-state index in [9.17, 15) is 4.79 Å². The fourth-order valence-corrected chi connectivity index (χ4v) is 3.98. The number of rotatable bonds is 4. The first-order valence-corrected chi connectivity index (χ1v) is 8.32. The van der Waals surface area contributed by atoms with Gasteiger partial charge in [-0.2, -0.15) is 0 Å². The standard InChI is InChI=1S/C14H20BrNOS/c1-10-9-12(18-13(10)15)14(17)16-8-7-11-5-3-2-4-6-11/h9,11H,2-8H2,1H3,(H,16,17). The summed E-state index contributed by atoms with van der Waals surface area (Å²) in [6, 6.07) is 1.95. The van der Waals surface area contributed by atoms with Crippen LogP contribution in [-0.4, -0.2) is 12.5 Å². The van der Waals surface area contributed by atoms with Gasteiger partial charge in [0.05, 0.1) is 8.66 Å². The van der Waals surface area contributed by atoms with Gasteiger partial charge in [-0.05, 0) is 46.8 Å². The molecule has 0 radical (unpaired) electrons. The molecule has 0 unspecified atom stereocenters. The van der Waals surface area contributed by atoms with Crippen LogP contribution in [0.25, 0.3) is 0 Å². The lowest BCUT2D eigenvalue weighted by molar-refractivity contribution is 0.0954. The maximum atomic E-state index is 11.9. The third-order valence-electron chi connectivity index (χ3n) is 3.64. The summed E-state index contributed by atoms with van der Waals surface area (Å²) in [7, 11) is 0. The third-order valence-corrected chi connectivity index (χ3v) is 5.78. The third kappa shape index (κ3) is 3.82. The molecule has 1 aromatic heterocycles. The number of carbonyl (C=O) groups excluding carboxylic acids is 1. The lowest BCUT2D eigenvalue weighted by atomic mass is 9.87. The number of nitrogens with one attached hydrogen (secondary N) is 1. The highest BCUT2D eigenvalue weighted by Crippen LogP contribution is 2.28. The van der Waals surface area contributed by atoms with E-state index < -0.39 is 0 Å². The van der Waals surface area contributed by atoms with E-state index in [-0.39, 0.29) is 5.91 Å². The van der Waals surface area contributed by atoms with Crippen LogP contribution in [-0.2, 0) is 0 Å². The molecule has 1 amide bonds. The SMILES string of the molecule is Cc1cc(C(=O)NCCC2CCCCC2)sc1Br. The number of thiophene rings is 1. The molecule has 1 saturated carbocycles. The van der Waals surface area contributed by atoms with Crippen molar-refractivity contribution in [1.82, 2.24) is 5.32 Å². The smallest absolute Gasteiger partial charge is 0.261 e. The molecule has 1 aliphatic carbocycles. The van der Waals surface area contributed by atoms with Crippen molar-refractivity contribution in [2.45, 2.75) is 45.4 Å². The molecular formula is C14H20BrNOS. The predicted molar refractivity (Wildman–Crippen MR) is 80.3 cm³/mol. The second kappa shape index (κ2) is 6.71. The zero-order valence-electron chi connectivity index (χ0n) is 10.8. The topological polar surface area (TPSA) is 29.1 Å². The Hall–Kier alpha value is -0.350. The van der Waals surface area contributed by atoms with E-state index in [2.05, 4.69) is 21.2 Å². The Bertz CT molecular complexity index is 390. The van der Waals surface area contributed by atoms with Crippen LogP contribution in [0.4, 0.5) is 0 Å². The summed E-state index contributed by atoms with van der Waals surface area (Å²) in [6.07, 6.45) is 7.97. The minimum absolute atomic E-state index is 0.0737. The average Bonchev–Trinajstić information content (AvgIpc) is 2.71. The molecule has 1 aliphatic rings. The molecular weight excluding hydrogens is 310 g/mol. The Morgan fingerprint density at radius 1 is 1.44 bits per heavy atom. The van der Waals surface area contributed by atoms with Gasteiger partial charge in [0, 0.05) is 6.54 Å². The van der Waals surface area contributed by atoms with E-state index >= 15 is 0 Å². The average molecular weight is 330 g/mol. The van der Waals surface area contributed by atoms with Crippen LogP contribution in [0.15, 0.2) is 9.85 Å². The molecule has 2 nitrogen and oxygen atoms in total. The van der Waals surface area contributed by atoms with Crippen LogP contribution >= 0.6 is 27.3 Å². The summed E-state index contributed by atoms with van der Waals surface area (Å²) in [5.74, 6) is 0.903. The summed E-state index contributed by atoms with van der Waals surface area (Å²) < 4.78 is 1.06. The molecule has 0 aromatic carbocycles. The van der Waals surface area contributed by atoms with Gasteiger partial charge in [-0.3, -0.25) is 4.79 Å². The molecule has 4 heteroatoms.